The van der Waals surface area contributed by atoms with Gasteiger partial charge < -0.3 is 0 Å². The quantitative estimate of drug-likeness (QED) is 0.597. The van der Waals surface area contributed by atoms with Crippen molar-refractivity contribution in [2.75, 3.05) is 0 Å². The Hall–Kier alpha value is -3.00. The summed E-state index contributed by atoms with van der Waals surface area (Å²) < 4.78 is 0. The molecule has 2 heteroatoms. The lowest BCUT2D eigenvalue weighted by Gasteiger charge is -2.20. The summed E-state index contributed by atoms with van der Waals surface area (Å²) in [4.78, 5) is 24.4. The second kappa shape index (κ2) is 7.27. The maximum absolute atomic E-state index is 12.2. The van der Waals surface area contributed by atoms with Crippen LogP contribution >= 0.6 is 0 Å². The molecule has 0 aromatic heterocycles. The molecule has 25 heavy (non-hydrogen) atoms. The molecule has 0 aliphatic heterocycles. The molecule has 0 amide bonds. The van der Waals surface area contributed by atoms with Crippen LogP contribution in [0.4, 0.5) is 0 Å². The first-order chi connectivity index (χ1) is 12.1. The molecule has 0 fully saturated rings. The largest absolute Gasteiger partial charge is 0.299 e. The van der Waals surface area contributed by atoms with Crippen LogP contribution in [0.25, 0.3) is 22.3 Å². The zero-order valence-electron chi connectivity index (χ0n) is 14.4. The summed E-state index contributed by atoms with van der Waals surface area (Å²) in [7, 11) is 0. The van der Waals surface area contributed by atoms with Crippen LogP contribution < -0.4 is 0 Å². The Bertz CT molecular complexity index is 882. The van der Waals surface area contributed by atoms with Gasteiger partial charge in [-0.05, 0) is 41.7 Å². The molecule has 3 rings (SSSR count). The molecule has 0 unspecified atom stereocenters. The highest BCUT2D eigenvalue weighted by atomic mass is 16.1. The average Bonchev–Trinajstić information content (AvgIpc) is 2.62. The van der Waals surface area contributed by atoms with E-state index < -0.39 is 5.92 Å². The molecule has 0 radical (unpaired) electrons. The number of hydrogen-bond donors (Lipinski definition) is 0. The van der Waals surface area contributed by atoms with Gasteiger partial charge in [-0.25, -0.2) is 0 Å². The van der Waals surface area contributed by atoms with Crippen LogP contribution in [-0.2, 0) is 9.59 Å². The van der Waals surface area contributed by atoms with Gasteiger partial charge in [0.1, 0.15) is 17.5 Å². The molecule has 0 aliphatic rings. The third kappa shape index (κ3) is 3.43. The van der Waals surface area contributed by atoms with Gasteiger partial charge in [0.15, 0.2) is 0 Å². The van der Waals surface area contributed by atoms with Crippen LogP contribution in [0.1, 0.15) is 25.3 Å². The maximum atomic E-state index is 12.2. The van der Waals surface area contributed by atoms with E-state index in [0.717, 1.165) is 27.8 Å². The van der Waals surface area contributed by atoms with E-state index >= 15 is 0 Å². The van der Waals surface area contributed by atoms with Gasteiger partial charge >= 0.3 is 0 Å². The highest BCUT2D eigenvalue weighted by molar-refractivity contribution is 6.08. The molecule has 3 aromatic rings. The van der Waals surface area contributed by atoms with Gasteiger partial charge in [-0.15, -0.1) is 0 Å². The van der Waals surface area contributed by atoms with E-state index in [1.807, 2.05) is 78.9 Å². The van der Waals surface area contributed by atoms with Crippen LogP contribution in [0.15, 0.2) is 78.9 Å². The number of carbonyl (C=O) groups is 2. The number of carbonyl (C=O) groups excluding carboxylic acids is 2. The second-order valence-corrected chi connectivity index (χ2v) is 6.16. The molecule has 124 valence electrons. The van der Waals surface area contributed by atoms with Gasteiger partial charge in [0.25, 0.3) is 0 Å². The van der Waals surface area contributed by atoms with E-state index in [4.69, 9.17) is 0 Å². The van der Waals surface area contributed by atoms with Gasteiger partial charge in [-0.1, -0.05) is 78.9 Å². The second-order valence-electron chi connectivity index (χ2n) is 6.16. The Labute approximate surface area is 148 Å². The molecule has 0 bridgehead atoms. The number of rotatable bonds is 5. The van der Waals surface area contributed by atoms with Gasteiger partial charge in [-0.3, -0.25) is 9.59 Å². The normalized spacial score (nSPS) is 10.7. The number of benzene rings is 3. The molecule has 3 aromatic carbocycles. The lowest BCUT2D eigenvalue weighted by molar-refractivity contribution is -0.126. The third-order valence-corrected chi connectivity index (χ3v) is 4.37. The van der Waals surface area contributed by atoms with E-state index in [9.17, 15) is 9.59 Å². The predicted octanol–water partition coefficient (Wildman–Crippen LogP) is 5.28. The average molecular weight is 328 g/mol. The minimum Gasteiger partial charge on any atom is -0.299 e. The Morgan fingerprint density at radius 2 is 1.16 bits per heavy atom. The Morgan fingerprint density at radius 1 is 0.640 bits per heavy atom. The summed E-state index contributed by atoms with van der Waals surface area (Å²) in [6.07, 6.45) is 0. The Balaban J connectivity index is 2.33. The van der Waals surface area contributed by atoms with E-state index in [2.05, 4.69) is 0 Å². The summed E-state index contributed by atoms with van der Waals surface area (Å²) in [5.74, 6) is -0.997. The van der Waals surface area contributed by atoms with E-state index in [-0.39, 0.29) is 11.6 Å². The number of Topliss-reactive ketones (excluding diaryl/α,β-unsaturated/α-hetero) is 2. The van der Waals surface area contributed by atoms with Crippen molar-refractivity contribution in [1.82, 2.24) is 0 Å². The summed E-state index contributed by atoms with van der Waals surface area (Å²) in [5.41, 5.74) is 4.81. The van der Waals surface area contributed by atoms with Crippen molar-refractivity contribution < 1.29 is 9.59 Å². The molecular weight excluding hydrogens is 308 g/mol. The van der Waals surface area contributed by atoms with Gasteiger partial charge in [0.2, 0.25) is 0 Å². The minimum absolute atomic E-state index is 0.130. The van der Waals surface area contributed by atoms with Crippen molar-refractivity contribution in [3.05, 3.63) is 84.4 Å². The first-order valence-electron chi connectivity index (χ1n) is 8.34. The standard InChI is InChI=1S/C23H20O2/c1-16(24)22(17(2)25)21-15-9-14-20(18-10-5-3-6-11-18)23(21)19-12-7-4-8-13-19/h3-15,22H,1-2H3. The highest BCUT2D eigenvalue weighted by Crippen LogP contribution is 2.38. The summed E-state index contributed by atoms with van der Waals surface area (Å²) >= 11 is 0. The first-order valence-corrected chi connectivity index (χ1v) is 8.34. The van der Waals surface area contributed by atoms with Crippen LogP contribution in [0.2, 0.25) is 0 Å². The molecule has 0 saturated carbocycles. The fraction of sp³-hybridized carbons (Fsp3) is 0.130. The van der Waals surface area contributed by atoms with Crippen molar-refractivity contribution >= 4 is 11.6 Å². The van der Waals surface area contributed by atoms with Gasteiger partial charge in [-0.2, -0.15) is 0 Å². The van der Waals surface area contributed by atoms with Crippen molar-refractivity contribution in [3.8, 4) is 22.3 Å². The summed E-state index contributed by atoms with van der Waals surface area (Å²) in [5, 5.41) is 0. The zero-order valence-corrected chi connectivity index (χ0v) is 14.4. The molecule has 0 aliphatic carbocycles. The molecule has 0 spiro atoms. The molecule has 0 atom stereocenters. The van der Waals surface area contributed by atoms with Crippen molar-refractivity contribution in [2.24, 2.45) is 0 Å². The monoisotopic (exact) mass is 328 g/mol. The molecule has 0 N–H and O–H groups in total. The topological polar surface area (TPSA) is 34.1 Å². The highest BCUT2D eigenvalue weighted by Gasteiger charge is 2.26. The minimum atomic E-state index is -0.737. The third-order valence-electron chi connectivity index (χ3n) is 4.37. The molecule has 0 heterocycles. The van der Waals surface area contributed by atoms with Crippen LogP contribution in [0.5, 0.6) is 0 Å². The number of ketones is 2. The van der Waals surface area contributed by atoms with Crippen LogP contribution in [-0.4, -0.2) is 11.6 Å². The molecular formula is C23H20O2. The van der Waals surface area contributed by atoms with E-state index in [1.54, 1.807) is 0 Å². The fourth-order valence-corrected chi connectivity index (χ4v) is 3.32. The van der Waals surface area contributed by atoms with Crippen molar-refractivity contribution in [3.63, 3.8) is 0 Å². The maximum Gasteiger partial charge on any atom is 0.144 e. The zero-order chi connectivity index (χ0) is 17.8. The first kappa shape index (κ1) is 16.8. The fourth-order valence-electron chi connectivity index (χ4n) is 3.32. The van der Waals surface area contributed by atoms with E-state index in [1.165, 1.54) is 13.8 Å². The predicted molar refractivity (Wildman–Crippen MR) is 101 cm³/mol. The lowest BCUT2D eigenvalue weighted by Crippen LogP contribution is -2.18. The van der Waals surface area contributed by atoms with Crippen LogP contribution in [0.3, 0.4) is 0 Å². The summed E-state index contributed by atoms with van der Waals surface area (Å²) in [6.45, 7) is 2.96. The Kier molecular flexibility index (Phi) is 4.90. The Morgan fingerprint density at radius 3 is 1.68 bits per heavy atom. The van der Waals surface area contributed by atoms with Crippen molar-refractivity contribution in [1.29, 1.82) is 0 Å². The van der Waals surface area contributed by atoms with Crippen molar-refractivity contribution in [2.45, 2.75) is 19.8 Å². The van der Waals surface area contributed by atoms with E-state index in [0.29, 0.717) is 0 Å². The molecule has 2 nitrogen and oxygen atoms in total. The smallest absolute Gasteiger partial charge is 0.144 e. The lowest BCUT2D eigenvalue weighted by atomic mass is 9.82. The van der Waals surface area contributed by atoms with Gasteiger partial charge in [0, 0.05) is 0 Å². The summed E-state index contributed by atoms with van der Waals surface area (Å²) in [6, 6.07) is 25.8. The molecule has 0 saturated heterocycles. The number of hydrogen-bond acceptors (Lipinski definition) is 2. The van der Waals surface area contributed by atoms with Gasteiger partial charge in [0.05, 0.1) is 0 Å². The van der Waals surface area contributed by atoms with Crippen LogP contribution in [0, 0.1) is 0 Å². The SMILES string of the molecule is CC(=O)C(C(C)=O)c1cccc(-c2ccccc2)c1-c1ccccc1.